The first-order valence-corrected chi connectivity index (χ1v) is 7.51. The molecule has 1 saturated carbocycles. The van der Waals surface area contributed by atoms with Crippen molar-refractivity contribution in [3.05, 3.63) is 53.6 Å². The Bertz CT molecular complexity index is 662. The van der Waals surface area contributed by atoms with E-state index >= 15 is 0 Å². The number of aromatic nitrogens is 2. The van der Waals surface area contributed by atoms with Crippen LogP contribution in [-0.4, -0.2) is 20.3 Å². The molecule has 1 fully saturated rings. The molecule has 1 aromatic carbocycles. The lowest BCUT2D eigenvalue weighted by atomic mass is 9.82. The smallest absolute Gasteiger partial charge is 0.126 e. The zero-order chi connectivity index (χ0) is 14.7. The van der Waals surface area contributed by atoms with Crippen LogP contribution in [0, 0.1) is 11.8 Å². The van der Waals surface area contributed by atoms with Crippen LogP contribution in [0.2, 0.25) is 5.02 Å². The Kier molecular flexibility index (Phi) is 4.01. The summed E-state index contributed by atoms with van der Waals surface area (Å²) in [6.07, 6.45) is 8.81. The second-order valence-electron chi connectivity index (χ2n) is 5.53. The van der Waals surface area contributed by atoms with Gasteiger partial charge in [-0.2, -0.15) is 0 Å². The Morgan fingerprint density at radius 2 is 2.14 bits per heavy atom. The second kappa shape index (κ2) is 5.93. The molecule has 108 valence electrons. The van der Waals surface area contributed by atoms with Gasteiger partial charge in [0.2, 0.25) is 0 Å². The van der Waals surface area contributed by atoms with Crippen molar-refractivity contribution in [2.75, 3.05) is 0 Å². The number of hydrogen-bond donors (Lipinski definition) is 1. The topological polar surface area (TPSA) is 38.0 Å². The van der Waals surface area contributed by atoms with Gasteiger partial charge in [0.25, 0.3) is 0 Å². The summed E-state index contributed by atoms with van der Waals surface area (Å²) in [6, 6.07) is 7.82. The van der Waals surface area contributed by atoms with E-state index in [4.69, 9.17) is 11.6 Å². The van der Waals surface area contributed by atoms with Crippen LogP contribution in [-0.2, 0) is 0 Å². The molecule has 0 radical (unpaired) electrons. The molecule has 0 aliphatic heterocycles. The number of hydrogen-bond acceptors (Lipinski definition) is 2. The summed E-state index contributed by atoms with van der Waals surface area (Å²) in [7, 11) is 0. The number of benzene rings is 1. The molecule has 0 bridgehead atoms. The van der Waals surface area contributed by atoms with Crippen LogP contribution in [0.1, 0.15) is 37.3 Å². The fourth-order valence-corrected chi connectivity index (χ4v) is 2.93. The van der Waals surface area contributed by atoms with Crippen molar-refractivity contribution in [3.8, 4) is 11.8 Å². The number of aliphatic hydroxyl groups is 1. The average Bonchev–Trinajstić information content (AvgIpc) is 3.01. The van der Waals surface area contributed by atoms with E-state index in [1.54, 1.807) is 6.20 Å². The van der Waals surface area contributed by atoms with Gasteiger partial charge in [-0.1, -0.05) is 29.5 Å². The van der Waals surface area contributed by atoms with Gasteiger partial charge >= 0.3 is 0 Å². The standard InChI is InChI=1S/C17H17ClN2O/c18-15-3-1-2-14(12-15)4-7-17(21)8-5-16(6-9-17)20-11-10-19-13-20/h1-3,10-13,16,21H,5-6,8-9H2. The Hall–Kier alpha value is -1.76. The molecule has 4 heteroatoms. The SMILES string of the molecule is OC1(C#Cc2cccc(Cl)c2)CCC(n2ccnc2)CC1. The lowest BCUT2D eigenvalue weighted by molar-refractivity contribution is 0.0462. The van der Waals surface area contributed by atoms with E-state index in [9.17, 15) is 5.11 Å². The highest BCUT2D eigenvalue weighted by atomic mass is 35.5. The molecule has 0 atom stereocenters. The highest BCUT2D eigenvalue weighted by Crippen LogP contribution is 2.34. The molecule has 1 N–H and O–H groups in total. The van der Waals surface area contributed by atoms with Gasteiger partial charge in [0.05, 0.1) is 6.33 Å². The van der Waals surface area contributed by atoms with Gasteiger partial charge in [-0.15, -0.1) is 0 Å². The predicted molar refractivity (Wildman–Crippen MR) is 83.0 cm³/mol. The molecule has 1 aliphatic carbocycles. The Morgan fingerprint density at radius 3 is 2.81 bits per heavy atom. The van der Waals surface area contributed by atoms with Crippen LogP contribution in [0.3, 0.4) is 0 Å². The van der Waals surface area contributed by atoms with Crippen LogP contribution < -0.4 is 0 Å². The maximum atomic E-state index is 10.6. The number of imidazole rings is 1. The molecule has 21 heavy (non-hydrogen) atoms. The molecule has 1 aliphatic rings. The van der Waals surface area contributed by atoms with Crippen LogP contribution in [0.5, 0.6) is 0 Å². The lowest BCUT2D eigenvalue weighted by Gasteiger charge is -2.32. The summed E-state index contributed by atoms with van der Waals surface area (Å²) in [5, 5.41) is 11.3. The van der Waals surface area contributed by atoms with Gasteiger partial charge in [-0.25, -0.2) is 4.98 Å². The van der Waals surface area contributed by atoms with Crippen LogP contribution in [0.4, 0.5) is 0 Å². The summed E-state index contributed by atoms with van der Waals surface area (Å²) in [5.41, 5.74) is -0.0491. The number of rotatable bonds is 1. The van der Waals surface area contributed by atoms with Crippen LogP contribution in [0.25, 0.3) is 0 Å². The average molecular weight is 301 g/mol. The van der Waals surface area contributed by atoms with Crippen molar-refractivity contribution in [2.45, 2.75) is 37.3 Å². The molecule has 3 nitrogen and oxygen atoms in total. The van der Waals surface area contributed by atoms with E-state index in [1.807, 2.05) is 36.8 Å². The van der Waals surface area contributed by atoms with Crippen molar-refractivity contribution < 1.29 is 5.11 Å². The fourth-order valence-electron chi connectivity index (χ4n) is 2.74. The van der Waals surface area contributed by atoms with Gasteiger partial charge in [0, 0.05) is 29.0 Å². The summed E-state index contributed by atoms with van der Waals surface area (Å²) < 4.78 is 2.12. The van der Waals surface area contributed by atoms with Crippen LogP contribution in [0.15, 0.2) is 43.0 Å². The number of halogens is 1. The first-order valence-electron chi connectivity index (χ1n) is 7.13. The normalized spacial score (nSPS) is 25.1. The molecule has 1 aromatic heterocycles. The van der Waals surface area contributed by atoms with Gasteiger partial charge in [0.15, 0.2) is 0 Å². The maximum Gasteiger partial charge on any atom is 0.126 e. The third kappa shape index (κ3) is 3.47. The number of nitrogens with zero attached hydrogens (tertiary/aromatic N) is 2. The highest BCUT2D eigenvalue weighted by molar-refractivity contribution is 6.30. The van der Waals surface area contributed by atoms with E-state index in [2.05, 4.69) is 21.4 Å². The molecule has 0 spiro atoms. The summed E-state index contributed by atoms with van der Waals surface area (Å²) in [4.78, 5) is 4.08. The minimum atomic E-state index is -0.889. The first-order chi connectivity index (χ1) is 10.1. The predicted octanol–water partition coefficient (Wildman–Crippen LogP) is 3.43. The minimum absolute atomic E-state index is 0.417. The monoisotopic (exact) mass is 300 g/mol. The van der Waals surface area contributed by atoms with E-state index < -0.39 is 5.60 Å². The second-order valence-corrected chi connectivity index (χ2v) is 5.97. The van der Waals surface area contributed by atoms with Gasteiger partial charge in [-0.05, 0) is 43.9 Å². The lowest BCUT2D eigenvalue weighted by Crippen LogP contribution is -2.33. The molecule has 0 unspecified atom stereocenters. The summed E-state index contributed by atoms with van der Waals surface area (Å²) >= 11 is 5.94. The van der Waals surface area contributed by atoms with E-state index in [-0.39, 0.29) is 0 Å². The first kappa shape index (κ1) is 14.2. The maximum absolute atomic E-state index is 10.6. The van der Waals surface area contributed by atoms with E-state index in [1.165, 1.54) is 0 Å². The Labute approximate surface area is 129 Å². The van der Waals surface area contributed by atoms with Crippen molar-refractivity contribution in [3.63, 3.8) is 0 Å². The third-order valence-electron chi connectivity index (χ3n) is 3.99. The summed E-state index contributed by atoms with van der Waals surface area (Å²) in [6.45, 7) is 0. The largest absolute Gasteiger partial charge is 0.378 e. The van der Waals surface area contributed by atoms with Gasteiger partial charge in [-0.3, -0.25) is 0 Å². The molecule has 3 rings (SSSR count). The molecule has 0 amide bonds. The van der Waals surface area contributed by atoms with Gasteiger partial charge in [0.1, 0.15) is 5.60 Å². The Balaban J connectivity index is 1.67. The van der Waals surface area contributed by atoms with E-state index in [0.717, 1.165) is 18.4 Å². The Morgan fingerprint density at radius 1 is 1.33 bits per heavy atom. The zero-order valence-corrected chi connectivity index (χ0v) is 12.4. The fraction of sp³-hybridized carbons (Fsp3) is 0.353. The van der Waals surface area contributed by atoms with E-state index in [0.29, 0.717) is 23.9 Å². The molecule has 2 aromatic rings. The highest BCUT2D eigenvalue weighted by Gasteiger charge is 2.32. The van der Waals surface area contributed by atoms with Crippen LogP contribution >= 0.6 is 11.6 Å². The molecule has 0 saturated heterocycles. The van der Waals surface area contributed by atoms with Crippen molar-refractivity contribution in [2.24, 2.45) is 0 Å². The zero-order valence-electron chi connectivity index (χ0n) is 11.7. The quantitative estimate of drug-likeness (QED) is 0.819. The molecular formula is C17H17ClN2O. The minimum Gasteiger partial charge on any atom is -0.378 e. The van der Waals surface area contributed by atoms with Crippen molar-refractivity contribution in [1.29, 1.82) is 0 Å². The third-order valence-corrected chi connectivity index (χ3v) is 4.23. The van der Waals surface area contributed by atoms with Gasteiger partial charge < -0.3 is 9.67 Å². The van der Waals surface area contributed by atoms with Crippen molar-refractivity contribution in [1.82, 2.24) is 9.55 Å². The summed E-state index contributed by atoms with van der Waals surface area (Å²) in [5.74, 6) is 6.07. The van der Waals surface area contributed by atoms with Crippen molar-refractivity contribution >= 4 is 11.6 Å². The molecular weight excluding hydrogens is 284 g/mol. The molecule has 1 heterocycles.